The summed E-state index contributed by atoms with van der Waals surface area (Å²) in [6.07, 6.45) is 2.00. The second kappa shape index (κ2) is 7.35. The molecule has 12 heteroatoms. The van der Waals surface area contributed by atoms with Crippen LogP contribution in [0.2, 0.25) is 0 Å². The van der Waals surface area contributed by atoms with E-state index in [2.05, 4.69) is 20.3 Å². The van der Waals surface area contributed by atoms with Gasteiger partial charge in [0.2, 0.25) is 5.89 Å². The van der Waals surface area contributed by atoms with Crippen molar-refractivity contribution in [2.24, 2.45) is 14.1 Å². The van der Waals surface area contributed by atoms with Crippen LogP contribution in [-0.4, -0.2) is 48.8 Å². The third-order valence-corrected chi connectivity index (χ3v) is 7.33. The normalized spacial score (nSPS) is 14.6. The Kier molecular flexibility index (Phi) is 4.71. The Hall–Kier alpha value is -3.38. The highest BCUT2D eigenvalue weighted by atomic mass is 32.2. The zero-order chi connectivity index (χ0) is 22.6. The molecule has 0 radical (unpaired) electrons. The van der Waals surface area contributed by atoms with Gasteiger partial charge in [0, 0.05) is 56.6 Å². The molecule has 0 aliphatic carbocycles. The summed E-state index contributed by atoms with van der Waals surface area (Å²) in [6, 6.07) is 5.71. The molecule has 1 aromatic carbocycles. The summed E-state index contributed by atoms with van der Waals surface area (Å²) in [6.45, 7) is 2.18. The van der Waals surface area contributed by atoms with E-state index in [9.17, 15) is 12.8 Å². The maximum Gasteiger partial charge on any atom is 0.268 e. The van der Waals surface area contributed by atoms with Crippen molar-refractivity contribution in [1.29, 1.82) is 0 Å². The van der Waals surface area contributed by atoms with E-state index >= 15 is 0 Å². The van der Waals surface area contributed by atoms with Crippen molar-refractivity contribution < 1.29 is 17.2 Å². The first-order valence-corrected chi connectivity index (χ1v) is 11.3. The van der Waals surface area contributed by atoms with Crippen molar-refractivity contribution in [3.63, 3.8) is 0 Å². The van der Waals surface area contributed by atoms with Crippen LogP contribution in [0.25, 0.3) is 23.0 Å². The van der Waals surface area contributed by atoms with Crippen LogP contribution < -0.4 is 0 Å². The fraction of sp³-hybridized carbons (Fsp3) is 0.300. The molecule has 4 heterocycles. The minimum absolute atomic E-state index is 0.0165. The van der Waals surface area contributed by atoms with E-state index < -0.39 is 10.0 Å². The van der Waals surface area contributed by atoms with Gasteiger partial charge in [0.25, 0.3) is 15.9 Å². The fourth-order valence-electron chi connectivity index (χ4n) is 3.76. The number of hydrogen-bond acceptors (Lipinski definition) is 7. The molecule has 0 fully saturated rings. The summed E-state index contributed by atoms with van der Waals surface area (Å²) in [5, 5.41) is 12.7. The molecule has 1 aliphatic rings. The number of fused-ring (bicyclic) bond motifs is 1. The molecule has 0 N–H and O–H groups in total. The molecule has 166 valence electrons. The quantitative estimate of drug-likeness (QED) is 0.461. The topological polar surface area (TPSA) is 112 Å². The fourth-order valence-corrected chi connectivity index (χ4v) is 5.19. The van der Waals surface area contributed by atoms with Crippen LogP contribution in [0.15, 0.2) is 39.9 Å². The Morgan fingerprint density at radius 3 is 2.50 bits per heavy atom. The van der Waals surface area contributed by atoms with Crippen LogP contribution in [0.5, 0.6) is 0 Å². The average Bonchev–Trinajstić information content (AvgIpc) is 3.47. The zero-order valence-corrected chi connectivity index (χ0v) is 18.5. The lowest BCUT2D eigenvalue weighted by Crippen LogP contribution is -2.36. The SMILES string of the molecule is Cc1nc(S(=O)(=O)N2CCc3c(c(-c4nnc(-c5ccc(F)cc5)o4)nn3C)C2)cn1C. The van der Waals surface area contributed by atoms with Gasteiger partial charge in [0.15, 0.2) is 10.7 Å². The van der Waals surface area contributed by atoms with E-state index in [-0.39, 0.29) is 29.2 Å². The number of halogens is 1. The highest BCUT2D eigenvalue weighted by Crippen LogP contribution is 2.32. The summed E-state index contributed by atoms with van der Waals surface area (Å²) in [7, 11) is -0.225. The van der Waals surface area contributed by atoms with E-state index in [0.29, 0.717) is 35.6 Å². The van der Waals surface area contributed by atoms with E-state index in [1.54, 1.807) is 42.4 Å². The van der Waals surface area contributed by atoms with E-state index in [1.165, 1.54) is 22.6 Å². The molecule has 0 bridgehead atoms. The van der Waals surface area contributed by atoms with Gasteiger partial charge in [-0.25, -0.2) is 17.8 Å². The summed E-state index contributed by atoms with van der Waals surface area (Å²) in [4.78, 5) is 4.19. The van der Waals surface area contributed by atoms with Crippen LogP contribution in [0, 0.1) is 12.7 Å². The van der Waals surface area contributed by atoms with Gasteiger partial charge < -0.3 is 8.98 Å². The molecule has 0 saturated heterocycles. The van der Waals surface area contributed by atoms with Gasteiger partial charge in [-0.2, -0.15) is 9.40 Å². The van der Waals surface area contributed by atoms with Crippen LogP contribution in [0.3, 0.4) is 0 Å². The third-order valence-electron chi connectivity index (χ3n) is 5.62. The van der Waals surface area contributed by atoms with Gasteiger partial charge in [-0.05, 0) is 31.2 Å². The number of aryl methyl sites for hydroxylation is 3. The zero-order valence-electron chi connectivity index (χ0n) is 17.6. The third kappa shape index (κ3) is 3.31. The summed E-state index contributed by atoms with van der Waals surface area (Å²) in [5.74, 6) is 0.650. The minimum atomic E-state index is -3.78. The van der Waals surface area contributed by atoms with Gasteiger partial charge in [-0.3, -0.25) is 4.68 Å². The average molecular weight is 457 g/mol. The van der Waals surface area contributed by atoms with Crippen molar-refractivity contribution in [2.45, 2.75) is 24.9 Å². The van der Waals surface area contributed by atoms with Gasteiger partial charge in [0.1, 0.15) is 11.6 Å². The predicted molar refractivity (Wildman–Crippen MR) is 111 cm³/mol. The molecule has 32 heavy (non-hydrogen) atoms. The van der Waals surface area contributed by atoms with Crippen molar-refractivity contribution in [3.05, 3.63) is 53.4 Å². The van der Waals surface area contributed by atoms with Crippen molar-refractivity contribution in [3.8, 4) is 23.0 Å². The predicted octanol–water partition coefficient (Wildman–Crippen LogP) is 2.07. The van der Waals surface area contributed by atoms with Gasteiger partial charge in [0.05, 0.1) is 0 Å². The second-order valence-electron chi connectivity index (χ2n) is 7.64. The monoisotopic (exact) mass is 457 g/mol. The Labute approximate surface area is 183 Å². The summed E-state index contributed by atoms with van der Waals surface area (Å²) < 4.78 is 50.1. The first-order valence-electron chi connectivity index (χ1n) is 9.88. The van der Waals surface area contributed by atoms with Crippen molar-refractivity contribution in [2.75, 3.05) is 6.54 Å². The summed E-state index contributed by atoms with van der Waals surface area (Å²) in [5.41, 5.74) is 2.62. The number of aromatic nitrogens is 6. The van der Waals surface area contributed by atoms with E-state index in [4.69, 9.17) is 4.42 Å². The lowest BCUT2D eigenvalue weighted by molar-refractivity contribution is 0.384. The molecule has 10 nitrogen and oxygen atoms in total. The minimum Gasteiger partial charge on any atom is -0.415 e. The number of nitrogens with zero attached hydrogens (tertiary/aromatic N) is 7. The first kappa shape index (κ1) is 20.5. The number of benzene rings is 1. The molecule has 0 saturated carbocycles. The standard InChI is InChI=1S/C20H20FN7O3S/c1-12-22-17(11-26(12)2)32(29,30)28-9-8-16-15(10-28)18(25-27(16)3)20-24-23-19(31-20)13-4-6-14(21)7-5-13/h4-7,11H,8-10H2,1-3H3. The highest BCUT2D eigenvalue weighted by Gasteiger charge is 2.35. The molecule has 1 aliphatic heterocycles. The number of imidazole rings is 1. The Morgan fingerprint density at radius 2 is 1.81 bits per heavy atom. The van der Waals surface area contributed by atoms with Crippen LogP contribution in [0.4, 0.5) is 4.39 Å². The van der Waals surface area contributed by atoms with Crippen LogP contribution in [-0.2, 0) is 37.1 Å². The number of sulfonamides is 1. The highest BCUT2D eigenvalue weighted by molar-refractivity contribution is 7.89. The lowest BCUT2D eigenvalue weighted by atomic mass is 10.1. The Balaban J connectivity index is 1.49. The van der Waals surface area contributed by atoms with Crippen molar-refractivity contribution >= 4 is 10.0 Å². The summed E-state index contributed by atoms with van der Waals surface area (Å²) >= 11 is 0. The molecule has 0 spiro atoms. The molecule has 0 unspecified atom stereocenters. The van der Waals surface area contributed by atoms with E-state index in [0.717, 1.165) is 5.69 Å². The van der Waals surface area contributed by atoms with Gasteiger partial charge >= 0.3 is 0 Å². The Morgan fingerprint density at radius 1 is 1.09 bits per heavy atom. The molecular weight excluding hydrogens is 437 g/mol. The largest absolute Gasteiger partial charge is 0.415 e. The second-order valence-corrected chi connectivity index (χ2v) is 9.53. The van der Waals surface area contributed by atoms with Gasteiger partial charge in [-0.1, -0.05) is 0 Å². The maximum atomic E-state index is 13.2. The lowest BCUT2D eigenvalue weighted by Gasteiger charge is -2.25. The first-order chi connectivity index (χ1) is 15.2. The number of rotatable bonds is 4. The van der Waals surface area contributed by atoms with Crippen molar-refractivity contribution in [1.82, 2.24) is 33.8 Å². The molecule has 3 aromatic heterocycles. The molecule has 0 amide bonds. The van der Waals surface area contributed by atoms with Crippen LogP contribution in [0.1, 0.15) is 17.1 Å². The molecular formula is C20H20FN7O3S. The Bertz CT molecular complexity index is 1400. The molecule has 5 rings (SSSR count). The smallest absolute Gasteiger partial charge is 0.268 e. The molecule has 0 atom stereocenters. The van der Waals surface area contributed by atoms with Crippen LogP contribution >= 0.6 is 0 Å². The number of hydrogen-bond donors (Lipinski definition) is 0. The van der Waals surface area contributed by atoms with Gasteiger partial charge in [-0.15, -0.1) is 10.2 Å². The van der Waals surface area contributed by atoms with E-state index in [1.807, 2.05) is 0 Å². The molecule has 4 aromatic rings. The maximum absolute atomic E-state index is 13.2.